The summed E-state index contributed by atoms with van der Waals surface area (Å²) in [5.41, 5.74) is 0.169. The van der Waals surface area contributed by atoms with Crippen molar-refractivity contribution < 1.29 is 9.31 Å². The minimum absolute atomic E-state index is 0.0833. The van der Waals surface area contributed by atoms with E-state index in [-0.39, 0.29) is 11.4 Å². The van der Waals surface area contributed by atoms with E-state index in [1.807, 2.05) is 0 Å². The monoisotopic (exact) mass is 267 g/mol. The fraction of sp³-hybridized carbons (Fsp3) is 0.538. The third-order valence-corrected chi connectivity index (χ3v) is 3.35. The van der Waals surface area contributed by atoms with Crippen molar-refractivity contribution in [2.45, 2.75) is 19.3 Å². The lowest BCUT2D eigenvalue weighted by atomic mass is 10.1. The van der Waals surface area contributed by atoms with E-state index >= 15 is 0 Å². The van der Waals surface area contributed by atoms with Gasteiger partial charge >= 0.3 is 0 Å². The lowest BCUT2D eigenvalue weighted by Crippen LogP contribution is -2.33. The minimum atomic E-state index is -0.497. The minimum Gasteiger partial charge on any atom is -0.378 e. The molecule has 0 unspecified atom stereocenters. The number of halogens is 1. The fourth-order valence-corrected chi connectivity index (χ4v) is 2.34. The highest BCUT2D eigenvalue weighted by atomic mass is 19.1. The third kappa shape index (κ3) is 3.89. The summed E-state index contributed by atoms with van der Waals surface area (Å²) in [6, 6.07) is 3.47. The average molecular weight is 267 g/mol. The number of nitro benzene ring substituents is 1. The second kappa shape index (κ2) is 6.47. The Hall–Kier alpha value is -1.69. The number of likely N-dealkylation sites (tertiary alicyclic amines) is 1. The van der Waals surface area contributed by atoms with Crippen LogP contribution in [0.4, 0.5) is 15.8 Å². The lowest BCUT2D eigenvalue weighted by molar-refractivity contribution is -0.384. The first-order valence-corrected chi connectivity index (χ1v) is 6.57. The Bertz CT molecular complexity index is 448. The lowest BCUT2D eigenvalue weighted by Gasteiger charge is -2.26. The Morgan fingerprint density at radius 2 is 2.05 bits per heavy atom. The van der Waals surface area contributed by atoms with Crippen LogP contribution in [0.15, 0.2) is 18.2 Å². The van der Waals surface area contributed by atoms with Crippen molar-refractivity contribution in [3.05, 3.63) is 34.1 Å². The molecule has 1 aliphatic rings. The summed E-state index contributed by atoms with van der Waals surface area (Å²) in [4.78, 5) is 12.7. The zero-order valence-electron chi connectivity index (χ0n) is 10.8. The second-order valence-electron chi connectivity index (χ2n) is 4.75. The van der Waals surface area contributed by atoms with Crippen LogP contribution < -0.4 is 5.32 Å². The van der Waals surface area contributed by atoms with Gasteiger partial charge in [0.15, 0.2) is 0 Å². The molecule has 0 amide bonds. The highest BCUT2D eigenvalue weighted by molar-refractivity contribution is 5.61. The molecule has 1 N–H and O–H groups in total. The predicted octanol–water partition coefficient (Wildman–Crippen LogP) is 2.63. The van der Waals surface area contributed by atoms with Crippen LogP contribution in [0.2, 0.25) is 0 Å². The van der Waals surface area contributed by atoms with Crippen molar-refractivity contribution in [3.63, 3.8) is 0 Å². The Balaban J connectivity index is 1.91. The Morgan fingerprint density at radius 3 is 2.74 bits per heavy atom. The maximum atomic E-state index is 13.1. The number of nitrogens with zero attached hydrogens (tertiary/aromatic N) is 2. The van der Waals surface area contributed by atoms with E-state index in [0.29, 0.717) is 6.54 Å². The highest BCUT2D eigenvalue weighted by Gasteiger charge is 2.15. The van der Waals surface area contributed by atoms with E-state index < -0.39 is 10.7 Å². The van der Waals surface area contributed by atoms with E-state index in [2.05, 4.69) is 10.2 Å². The van der Waals surface area contributed by atoms with Crippen molar-refractivity contribution in [1.82, 2.24) is 4.90 Å². The van der Waals surface area contributed by atoms with Crippen molar-refractivity contribution in [3.8, 4) is 0 Å². The van der Waals surface area contributed by atoms with E-state index in [1.54, 1.807) is 0 Å². The number of anilines is 1. The highest BCUT2D eigenvalue weighted by Crippen LogP contribution is 2.24. The standard InChI is InChI=1S/C13H18FN3O2/c14-11-4-5-13(17(18)19)12(10-11)15-6-9-16-7-2-1-3-8-16/h4-5,10,15H,1-3,6-9H2. The summed E-state index contributed by atoms with van der Waals surface area (Å²) >= 11 is 0. The first-order chi connectivity index (χ1) is 9.16. The van der Waals surface area contributed by atoms with Crippen molar-refractivity contribution in [1.29, 1.82) is 0 Å². The molecule has 0 saturated carbocycles. The molecule has 1 aliphatic heterocycles. The van der Waals surface area contributed by atoms with Gasteiger partial charge in [-0.25, -0.2) is 4.39 Å². The molecule has 1 fully saturated rings. The molecule has 1 aromatic carbocycles. The van der Waals surface area contributed by atoms with Crippen molar-refractivity contribution in [2.24, 2.45) is 0 Å². The Labute approximate surface area is 111 Å². The molecule has 0 radical (unpaired) electrons. The van der Waals surface area contributed by atoms with Crippen LogP contribution in [0.25, 0.3) is 0 Å². The molecule has 6 heteroatoms. The van der Waals surface area contributed by atoms with Gasteiger partial charge in [0.05, 0.1) is 4.92 Å². The largest absolute Gasteiger partial charge is 0.378 e. The molecule has 0 spiro atoms. The number of nitro groups is 1. The van der Waals surface area contributed by atoms with E-state index in [0.717, 1.165) is 25.7 Å². The van der Waals surface area contributed by atoms with Crippen LogP contribution >= 0.6 is 0 Å². The molecule has 5 nitrogen and oxygen atoms in total. The van der Waals surface area contributed by atoms with E-state index in [9.17, 15) is 14.5 Å². The molecule has 19 heavy (non-hydrogen) atoms. The van der Waals surface area contributed by atoms with Crippen LogP contribution in [-0.2, 0) is 0 Å². The number of benzene rings is 1. The summed E-state index contributed by atoms with van der Waals surface area (Å²) in [6.45, 7) is 3.57. The molecule has 0 aromatic heterocycles. The smallest absolute Gasteiger partial charge is 0.292 e. The molecule has 1 heterocycles. The van der Waals surface area contributed by atoms with E-state index in [1.165, 1.54) is 31.4 Å². The first kappa shape index (κ1) is 13.7. The van der Waals surface area contributed by atoms with Gasteiger partial charge < -0.3 is 10.2 Å². The topological polar surface area (TPSA) is 58.4 Å². The van der Waals surface area contributed by atoms with Gasteiger partial charge in [-0.15, -0.1) is 0 Å². The zero-order valence-corrected chi connectivity index (χ0v) is 10.8. The molecule has 0 aliphatic carbocycles. The van der Waals surface area contributed by atoms with Gasteiger partial charge in [0.1, 0.15) is 11.5 Å². The fourth-order valence-electron chi connectivity index (χ4n) is 2.34. The summed E-state index contributed by atoms with van der Waals surface area (Å²) in [6.07, 6.45) is 3.69. The molecule has 1 aromatic rings. The van der Waals surface area contributed by atoms with Gasteiger partial charge in [-0.1, -0.05) is 6.42 Å². The number of rotatable bonds is 5. The molecule has 0 bridgehead atoms. The summed E-state index contributed by atoms with van der Waals surface area (Å²) in [7, 11) is 0. The van der Waals surface area contributed by atoms with Crippen LogP contribution in [0.5, 0.6) is 0 Å². The van der Waals surface area contributed by atoms with Crippen molar-refractivity contribution >= 4 is 11.4 Å². The third-order valence-electron chi connectivity index (χ3n) is 3.35. The second-order valence-corrected chi connectivity index (χ2v) is 4.75. The number of hydrogen-bond donors (Lipinski definition) is 1. The Kier molecular flexibility index (Phi) is 4.68. The van der Waals surface area contributed by atoms with E-state index in [4.69, 9.17) is 0 Å². The van der Waals surface area contributed by atoms with Gasteiger partial charge in [0, 0.05) is 25.2 Å². The maximum absolute atomic E-state index is 13.1. The number of nitrogens with one attached hydrogen (secondary N) is 1. The van der Waals surface area contributed by atoms with Crippen LogP contribution in [-0.4, -0.2) is 36.0 Å². The normalized spacial score (nSPS) is 16.3. The number of piperidine rings is 1. The zero-order chi connectivity index (χ0) is 13.7. The first-order valence-electron chi connectivity index (χ1n) is 6.57. The van der Waals surface area contributed by atoms with Gasteiger partial charge in [-0.3, -0.25) is 10.1 Å². The van der Waals surface area contributed by atoms with Crippen LogP contribution in [0.1, 0.15) is 19.3 Å². The maximum Gasteiger partial charge on any atom is 0.292 e. The number of hydrogen-bond acceptors (Lipinski definition) is 4. The molecular formula is C13H18FN3O2. The Morgan fingerprint density at radius 1 is 1.32 bits per heavy atom. The van der Waals surface area contributed by atoms with Gasteiger partial charge in [-0.05, 0) is 32.0 Å². The van der Waals surface area contributed by atoms with Crippen LogP contribution in [0, 0.1) is 15.9 Å². The van der Waals surface area contributed by atoms with Gasteiger partial charge in [0.2, 0.25) is 0 Å². The summed E-state index contributed by atoms with van der Waals surface area (Å²) < 4.78 is 13.1. The quantitative estimate of drug-likeness (QED) is 0.658. The van der Waals surface area contributed by atoms with Gasteiger partial charge in [0.25, 0.3) is 5.69 Å². The molecular weight excluding hydrogens is 249 g/mol. The molecule has 1 saturated heterocycles. The van der Waals surface area contributed by atoms with Crippen molar-refractivity contribution in [2.75, 3.05) is 31.5 Å². The molecule has 104 valence electrons. The van der Waals surface area contributed by atoms with Crippen LogP contribution in [0.3, 0.4) is 0 Å². The SMILES string of the molecule is O=[N+]([O-])c1ccc(F)cc1NCCN1CCCCC1. The summed E-state index contributed by atoms with van der Waals surface area (Å²) in [5, 5.41) is 13.8. The molecule has 0 atom stereocenters. The van der Waals surface area contributed by atoms with Gasteiger partial charge in [-0.2, -0.15) is 0 Å². The average Bonchev–Trinajstić information content (AvgIpc) is 2.39. The predicted molar refractivity (Wildman–Crippen MR) is 71.8 cm³/mol. The summed E-state index contributed by atoms with van der Waals surface area (Å²) in [5.74, 6) is -0.467. The molecule has 2 rings (SSSR count).